The van der Waals surface area contributed by atoms with Gasteiger partial charge in [0.2, 0.25) is 5.91 Å². The Kier molecular flexibility index (Phi) is 4.45. The van der Waals surface area contributed by atoms with Gasteiger partial charge in [-0.05, 0) is 43.8 Å². The third-order valence-corrected chi connectivity index (χ3v) is 9.72. The van der Waals surface area contributed by atoms with Crippen molar-refractivity contribution >= 4 is 14.2 Å². The molecule has 20 heavy (non-hydrogen) atoms. The van der Waals surface area contributed by atoms with Crippen LogP contribution in [0.4, 0.5) is 0 Å². The first kappa shape index (κ1) is 15.8. The molecule has 1 atom stereocenters. The molecule has 2 rings (SSSR count). The molecule has 1 saturated heterocycles. The van der Waals surface area contributed by atoms with Gasteiger partial charge in [0.15, 0.2) is 8.32 Å². The number of carbonyl (C=O) groups is 1. The van der Waals surface area contributed by atoms with Crippen LogP contribution in [0, 0.1) is 0 Å². The van der Waals surface area contributed by atoms with Crippen molar-refractivity contribution in [3.05, 3.63) is 11.6 Å². The van der Waals surface area contributed by atoms with E-state index in [-0.39, 0.29) is 10.9 Å². The van der Waals surface area contributed by atoms with Gasteiger partial charge in [-0.15, -0.1) is 0 Å². The zero-order valence-corrected chi connectivity index (χ0v) is 14.7. The number of nitrogens with zero attached hydrogens (tertiary/aromatic N) is 1. The molecule has 4 heteroatoms. The molecular weight excluding hydrogens is 266 g/mol. The van der Waals surface area contributed by atoms with Gasteiger partial charge >= 0.3 is 0 Å². The minimum Gasteiger partial charge on any atom is -0.417 e. The summed E-state index contributed by atoms with van der Waals surface area (Å²) < 4.78 is 6.22. The smallest absolute Gasteiger partial charge is 0.246 e. The third kappa shape index (κ3) is 3.34. The van der Waals surface area contributed by atoms with Crippen LogP contribution in [0.25, 0.3) is 0 Å². The molecule has 3 nitrogen and oxygen atoms in total. The zero-order chi connectivity index (χ0) is 15.0. The van der Waals surface area contributed by atoms with Gasteiger partial charge in [-0.3, -0.25) is 4.79 Å². The number of carbonyl (C=O) groups excluding carboxylic acids is 1. The van der Waals surface area contributed by atoms with E-state index in [4.69, 9.17) is 4.43 Å². The van der Waals surface area contributed by atoms with Gasteiger partial charge in [-0.2, -0.15) is 0 Å². The number of hydrogen-bond acceptors (Lipinski definition) is 2. The standard InChI is InChI=1S/C16H29NO2Si/c1-16(2,3)20(4,5)19-10-8-13-11-14-7-6-9-17(14)15(18)12-13/h12,14H,6-11H2,1-5H3/t14-/m0/s1. The first-order valence-electron chi connectivity index (χ1n) is 7.85. The predicted molar refractivity (Wildman–Crippen MR) is 85.2 cm³/mol. The van der Waals surface area contributed by atoms with Gasteiger partial charge in [0.05, 0.1) is 0 Å². The monoisotopic (exact) mass is 295 g/mol. The van der Waals surface area contributed by atoms with E-state index in [1.807, 2.05) is 11.0 Å². The van der Waals surface area contributed by atoms with E-state index in [0.29, 0.717) is 6.04 Å². The molecule has 1 fully saturated rings. The summed E-state index contributed by atoms with van der Waals surface area (Å²) in [7, 11) is -1.66. The van der Waals surface area contributed by atoms with E-state index in [1.165, 1.54) is 12.0 Å². The molecular formula is C16H29NO2Si. The molecule has 0 aromatic heterocycles. The Morgan fingerprint density at radius 1 is 1.40 bits per heavy atom. The molecule has 0 aromatic rings. The van der Waals surface area contributed by atoms with Crippen molar-refractivity contribution in [2.45, 2.75) is 70.6 Å². The minimum atomic E-state index is -1.66. The maximum Gasteiger partial charge on any atom is 0.246 e. The highest BCUT2D eigenvalue weighted by atomic mass is 28.4. The number of hydrogen-bond donors (Lipinski definition) is 0. The fraction of sp³-hybridized carbons (Fsp3) is 0.812. The van der Waals surface area contributed by atoms with Gasteiger partial charge in [-0.25, -0.2) is 0 Å². The Morgan fingerprint density at radius 3 is 2.75 bits per heavy atom. The van der Waals surface area contributed by atoms with Crippen LogP contribution in [-0.2, 0) is 9.22 Å². The summed E-state index contributed by atoms with van der Waals surface area (Å²) in [5, 5.41) is 0.256. The van der Waals surface area contributed by atoms with Crippen molar-refractivity contribution in [3.63, 3.8) is 0 Å². The summed E-state index contributed by atoms with van der Waals surface area (Å²) in [5.74, 6) is 0.223. The summed E-state index contributed by atoms with van der Waals surface area (Å²) in [5.41, 5.74) is 1.29. The summed E-state index contributed by atoms with van der Waals surface area (Å²) in [6, 6.07) is 0.468. The Morgan fingerprint density at radius 2 is 2.10 bits per heavy atom. The maximum atomic E-state index is 12.0. The van der Waals surface area contributed by atoms with Gasteiger partial charge < -0.3 is 9.33 Å². The zero-order valence-electron chi connectivity index (χ0n) is 13.7. The SMILES string of the molecule is CC(C)(C)[Si](C)(C)OCCC1=CC(=O)N2CCC[C@H]2C1. The van der Waals surface area contributed by atoms with Crippen LogP contribution < -0.4 is 0 Å². The van der Waals surface area contributed by atoms with Crippen molar-refractivity contribution < 1.29 is 9.22 Å². The molecule has 0 spiro atoms. The van der Waals surface area contributed by atoms with Gasteiger partial charge in [0.25, 0.3) is 0 Å². The molecule has 0 unspecified atom stereocenters. The Bertz CT molecular complexity index is 409. The van der Waals surface area contributed by atoms with E-state index in [9.17, 15) is 4.79 Å². The highest BCUT2D eigenvalue weighted by molar-refractivity contribution is 6.74. The molecule has 2 aliphatic rings. The van der Waals surface area contributed by atoms with Crippen LogP contribution in [-0.4, -0.2) is 38.3 Å². The average molecular weight is 295 g/mol. The van der Waals surface area contributed by atoms with Gasteiger partial charge in [0, 0.05) is 25.3 Å². The fourth-order valence-electron chi connectivity index (χ4n) is 2.79. The molecule has 2 heterocycles. The van der Waals surface area contributed by atoms with Crippen LogP contribution >= 0.6 is 0 Å². The molecule has 2 aliphatic heterocycles. The molecule has 0 N–H and O–H groups in total. The van der Waals surface area contributed by atoms with Crippen LogP contribution in [0.2, 0.25) is 18.1 Å². The van der Waals surface area contributed by atoms with Crippen LogP contribution in [0.3, 0.4) is 0 Å². The second-order valence-corrected chi connectivity index (χ2v) is 12.5. The normalized spacial score (nSPS) is 23.9. The number of amides is 1. The van der Waals surface area contributed by atoms with Gasteiger partial charge in [-0.1, -0.05) is 26.3 Å². The van der Waals surface area contributed by atoms with E-state index in [2.05, 4.69) is 33.9 Å². The van der Waals surface area contributed by atoms with Crippen LogP contribution in [0.1, 0.15) is 46.5 Å². The van der Waals surface area contributed by atoms with Crippen LogP contribution in [0.5, 0.6) is 0 Å². The summed E-state index contributed by atoms with van der Waals surface area (Å²) in [4.78, 5) is 14.1. The topological polar surface area (TPSA) is 29.5 Å². The lowest BCUT2D eigenvalue weighted by molar-refractivity contribution is -0.127. The summed E-state index contributed by atoms with van der Waals surface area (Å²) >= 11 is 0. The van der Waals surface area contributed by atoms with E-state index in [0.717, 1.165) is 32.4 Å². The lowest BCUT2D eigenvalue weighted by Gasteiger charge is -2.36. The third-order valence-electron chi connectivity index (χ3n) is 5.18. The van der Waals surface area contributed by atoms with E-state index < -0.39 is 8.32 Å². The number of fused-ring (bicyclic) bond motifs is 1. The quantitative estimate of drug-likeness (QED) is 0.740. The highest BCUT2D eigenvalue weighted by Crippen LogP contribution is 2.37. The molecule has 114 valence electrons. The molecule has 1 amide bonds. The molecule has 0 aliphatic carbocycles. The second-order valence-electron chi connectivity index (χ2n) is 7.69. The summed E-state index contributed by atoms with van der Waals surface area (Å²) in [6.07, 6.45) is 6.18. The van der Waals surface area contributed by atoms with E-state index in [1.54, 1.807) is 0 Å². The second kappa shape index (κ2) is 5.64. The largest absolute Gasteiger partial charge is 0.417 e. The fourth-order valence-corrected chi connectivity index (χ4v) is 3.83. The number of rotatable bonds is 4. The molecule has 0 saturated carbocycles. The maximum absolute atomic E-state index is 12.0. The van der Waals surface area contributed by atoms with Gasteiger partial charge in [0.1, 0.15) is 0 Å². The lowest BCUT2D eigenvalue weighted by atomic mass is 9.98. The summed E-state index contributed by atoms with van der Waals surface area (Å²) in [6.45, 7) is 13.1. The Hall–Kier alpha value is -0.613. The average Bonchev–Trinajstić information content (AvgIpc) is 2.75. The molecule has 0 radical (unpaired) electrons. The first-order valence-corrected chi connectivity index (χ1v) is 10.8. The Labute approximate surface area is 124 Å². The lowest BCUT2D eigenvalue weighted by Crippen LogP contribution is -2.41. The Balaban J connectivity index is 1.86. The minimum absolute atomic E-state index is 0.223. The van der Waals surface area contributed by atoms with E-state index >= 15 is 0 Å². The molecule has 0 bridgehead atoms. The van der Waals surface area contributed by atoms with Crippen molar-refractivity contribution in [3.8, 4) is 0 Å². The van der Waals surface area contributed by atoms with Crippen molar-refractivity contribution in [2.24, 2.45) is 0 Å². The molecule has 0 aromatic carbocycles. The highest BCUT2D eigenvalue weighted by Gasteiger charge is 2.37. The van der Waals surface area contributed by atoms with Crippen molar-refractivity contribution in [2.75, 3.05) is 13.2 Å². The van der Waals surface area contributed by atoms with Crippen molar-refractivity contribution in [1.29, 1.82) is 0 Å². The van der Waals surface area contributed by atoms with Crippen molar-refractivity contribution in [1.82, 2.24) is 4.90 Å². The predicted octanol–water partition coefficient (Wildman–Crippen LogP) is 3.72. The van der Waals surface area contributed by atoms with Crippen LogP contribution in [0.15, 0.2) is 11.6 Å². The first-order chi connectivity index (χ1) is 9.21.